The van der Waals surface area contributed by atoms with E-state index >= 15 is 0 Å². The zero-order valence-corrected chi connectivity index (χ0v) is 12.5. The van der Waals surface area contributed by atoms with Gasteiger partial charge in [-0.1, -0.05) is 11.6 Å². The summed E-state index contributed by atoms with van der Waals surface area (Å²) in [7, 11) is 2.94. The van der Waals surface area contributed by atoms with Crippen molar-refractivity contribution in [1.82, 2.24) is 4.90 Å². The quantitative estimate of drug-likeness (QED) is 0.807. The number of rotatable bonds is 3. The highest BCUT2D eigenvalue weighted by Crippen LogP contribution is 2.29. The van der Waals surface area contributed by atoms with E-state index in [1.165, 1.54) is 11.0 Å². The van der Waals surface area contributed by atoms with Crippen molar-refractivity contribution >= 4 is 37.2 Å². The molecule has 0 aliphatic carbocycles. The van der Waals surface area contributed by atoms with Gasteiger partial charge in [0.2, 0.25) is 0 Å². The summed E-state index contributed by atoms with van der Waals surface area (Å²) in [6.07, 6.45) is 0. The van der Waals surface area contributed by atoms with Crippen LogP contribution in [-0.4, -0.2) is 32.8 Å². The molecule has 4 nitrogen and oxygen atoms in total. The minimum atomic E-state index is -3.97. The van der Waals surface area contributed by atoms with Gasteiger partial charge in [0.1, 0.15) is 4.90 Å². The average Bonchev–Trinajstić information content (AvgIpc) is 2.28. The van der Waals surface area contributed by atoms with Crippen LogP contribution in [0.2, 0.25) is 5.02 Å². The van der Waals surface area contributed by atoms with E-state index in [1.54, 1.807) is 20.0 Å². The minimum Gasteiger partial charge on any atom is -0.342 e. The maximum Gasteiger partial charge on any atom is 0.262 e. The van der Waals surface area contributed by atoms with E-state index < -0.39 is 9.05 Å². The number of benzene rings is 1. The summed E-state index contributed by atoms with van der Waals surface area (Å²) in [6.45, 7) is 3.96. The van der Waals surface area contributed by atoms with Crippen LogP contribution >= 0.6 is 22.3 Å². The van der Waals surface area contributed by atoms with Crippen LogP contribution in [0.4, 0.5) is 0 Å². The Morgan fingerprint density at radius 1 is 1.39 bits per heavy atom. The number of nitrogens with zero attached hydrogens (tertiary/aromatic N) is 1. The zero-order chi connectivity index (χ0) is 14.1. The fraction of sp³-hybridized carbons (Fsp3) is 0.364. The summed E-state index contributed by atoms with van der Waals surface area (Å²) in [4.78, 5) is 13.2. The molecule has 0 fully saturated rings. The molecular formula is C11H13Cl2NO3S. The van der Waals surface area contributed by atoms with Crippen molar-refractivity contribution in [3.8, 4) is 0 Å². The van der Waals surface area contributed by atoms with Crippen molar-refractivity contribution in [3.63, 3.8) is 0 Å². The normalized spacial score (nSPS) is 11.4. The van der Waals surface area contributed by atoms with Gasteiger partial charge in [0.15, 0.2) is 0 Å². The summed E-state index contributed by atoms with van der Waals surface area (Å²) < 4.78 is 22.8. The molecule has 100 valence electrons. The van der Waals surface area contributed by atoms with E-state index in [1.807, 2.05) is 6.92 Å². The molecule has 7 heteroatoms. The number of amides is 1. The minimum absolute atomic E-state index is 0.0423. The first-order chi connectivity index (χ1) is 8.18. The van der Waals surface area contributed by atoms with E-state index in [-0.39, 0.29) is 21.4 Å². The highest BCUT2D eigenvalue weighted by molar-refractivity contribution is 8.13. The van der Waals surface area contributed by atoms with Gasteiger partial charge in [-0.15, -0.1) is 0 Å². The van der Waals surface area contributed by atoms with Crippen molar-refractivity contribution in [1.29, 1.82) is 0 Å². The maximum absolute atomic E-state index is 12.0. The highest BCUT2D eigenvalue weighted by Gasteiger charge is 2.21. The molecular weight excluding hydrogens is 297 g/mol. The number of hydrogen-bond donors (Lipinski definition) is 0. The molecule has 0 N–H and O–H groups in total. The molecule has 1 rings (SSSR count). The molecule has 0 unspecified atom stereocenters. The third-order valence-corrected chi connectivity index (χ3v) is 4.51. The zero-order valence-electron chi connectivity index (χ0n) is 10.2. The Morgan fingerprint density at radius 2 is 1.94 bits per heavy atom. The second kappa shape index (κ2) is 5.47. The first-order valence-corrected chi connectivity index (χ1v) is 7.87. The Labute approximate surface area is 116 Å². The summed E-state index contributed by atoms with van der Waals surface area (Å²) in [5.74, 6) is -0.279. The predicted octanol–water partition coefficient (Wildman–Crippen LogP) is 2.67. The van der Waals surface area contributed by atoms with Gasteiger partial charge in [0.05, 0.1) is 5.02 Å². The van der Waals surface area contributed by atoms with Crippen molar-refractivity contribution in [2.24, 2.45) is 0 Å². The topological polar surface area (TPSA) is 54.5 Å². The molecule has 0 spiro atoms. The van der Waals surface area contributed by atoms with Gasteiger partial charge in [-0.2, -0.15) is 0 Å². The third kappa shape index (κ3) is 3.16. The molecule has 0 bridgehead atoms. The predicted molar refractivity (Wildman–Crippen MR) is 71.9 cm³/mol. The summed E-state index contributed by atoms with van der Waals surface area (Å²) in [5.41, 5.74) is 0.742. The molecule has 0 atom stereocenters. The molecule has 0 saturated carbocycles. The largest absolute Gasteiger partial charge is 0.342 e. The van der Waals surface area contributed by atoms with Crippen LogP contribution in [0.15, 0.2) is 17.0 Å². The van der Waals surface area contributed by atoms with Crippen LogP contribution in [-0.2, 0) is 9.05 Å². The van der Waals surface area contributed by atoms with Crippen molar-refractivity contribution in [2.45, 2.75) is 18.7 Å². The Hall–Kier alpha value is -0.780. The molecule has 0 aliphatic heterocycles. The van der Waals surface area contributed by atoms with Crippen molar-refractivity contribution in [2.75, 3.05) is 13.6 Å². The van der Waals surface area contributed by atoms with Crippen LogP contribution in [0.25, 0.3) is 0 Å². The van der Waals surface area contributed by atoms with Gasteiger partial charge in [0, 0.05) is 29.8 Å². The number of halogens is 2. The van der Waals surface area contributed by atoms with E-state index in [0.717, 1.165) is 0 Å². The van der Waals surface area contributed by atoms with Gasteiger partial charge >= 0.3 is 0 Å². The van der Waals surface area contributed by atoms with Crippen LogP contribution in [0.5, 0.6) is 0 Å². The SMILES string of the molecule is CCN(C)C(=O)c1cc(C)c(Cl)c(S(=O)(=O)Cl)c1. The van der Waals surface area contributed by atoms with Crippen LogP contribution in [0, 0.1) is 6.92 Å². The third-order valence-electron chi connectivity index (χ3n) is 2.55. The van der Waals surface area contributed by atoms with Crippen LogP contribution in [0.3, 0.4) is 0 Å². The molecule has 1 amide bonds. The van der Waals surface area contributed by atoms with Gasteiger partial charge in [-0.25, -0.2) is 8.42 Å². The lowest BCUT2D eigenvalue weighted by molar-refractivity contribution is 0.0802. The lowest BCUT2D eigenvalue weighted by atomic mass is 10.1. The van der Waals surface area contributed by atoms with E-state index in [4.69, 9.17) is 22.3 Å². The van der Waals surface area contributed by atoms with Gasteiger partial charge in [-0.3, -0.25) is 4.79 Å². The summed E-state index contributed by atoms with van der Waals surface area (Å²) in [5, 5.41) is 0.0423. The van der Waals surface area contributed by atoms with Crippen LogP contribution < -0.4 is 0 Å². The van der Waals surface area contributed by atoms with E-state index in [0.29, 0.717) is 12.1 Å². The average molecular weight is 310 g/mol. The number of carbonyl (C=O) groups is 1. The Morgan fingerprint density at radius 3 is 2.39 bits per heavy atom. The Kier molecular flexibility index (Phi) is 4.64. The molecule has 1 aromatic carbocycles. The second-order valence-corrected chi connectivity index (χ2v) is 6.77. The van der Waals surface area contributed by atoms with Gasteiger partial charge in [0.25, 0.3) is 15.0 Å². The first-order valence-electron chi connectivity index (χ1n) is 5.18. The molecule has 0 heterocycles. The molecule has 1 aromatic rings. The fourth-order valence-electron chi connectivity index (χ4n) is 1.40. The first kappa shape index (κ1) is 15.3. The van der Waals surface area contributed by atoms with Gasteiger partial charge < -0.3 is 4.90 Å². The van der Waals surface area contributed by atoms with E-state index in [9.17, 15) is 13.2 Å². The maximum atomic E-state index is 12.0. The standard InChI is InChI=1S/C11H13Cl2NO3S/c1-4-14(3)11(15)8-5-7(2)10(12)9(6-8)18(13,16)17/h5-6H,4H2,1-3H3. The summed E-state index contributed by atoms with van der Waals surface area (Å²) >= 11 is 5.88. The number of aryl methyl sites for hydroxylation is 1. The molecule has 18 heavy (non-hydrogen) atoms. The smallest absolute Gasteiger partial charge is 0.262 e. The molecule has 0 aromatic heterocycles. The van der Waals surface area contributed by atoms with Crippen LogP contribution in [0.1, 0.15) is 22.8 Å². The van der Waals surface area contributed by atoms with E-state index in [2.05, 4.69) is 0 Å². The Bertz CT molecular complexity index is 584. The summed E-state index contributed by atoms with van der Waals surface area (Å²) in [6, 6.07) is 2.74. The monoisotopic (exact) mass is 309 g/mol. The van der Waals surface area contributed by atoms with Crippen molar-refractivity contribution in [3.05, 3.63) is 28.3 Å². The van der Waals surface area contributed by atoms with Crippen molar-refractivity contribution < 1.29 is 13.2 Å². The molecule has 0 radical (unpaired) electrons. The highest BCUT2D eigenvalue weighted by atomic mass is 35.7. The molecule has 0 aliphatic rings. The Balaban J connectivity index is 3.43. The number of carbonyl (C=O) groups excluding carboxylic acids is 1. The number of hydrogen-bond acceptors (Lipinski definition) is 3. The second-order valence-electron chi connectivity index (χ2n) is 3.86. The molecule has 0 saturated heterocycles. The lowest BCUT2D eigenvalue weighted by Gasteiger charge is -2.16. The van der Waals surface area contributed by atoms with Gasteiger partial charge in [-0.05, 0) is 31.5 Å². The lowest BCUT2D eigenvalue weighted by Crippen LogP contribution is -2.26. The fourth-order valence-corrected chi connectivity index (χ4v) is 2.94.